The summed E-state index contributed by atoms with van der Waals surface area (Å²) in [6, 6.07) is 7.75. The Morgan fingerprint density at radius 1 is 1.36 bits per heavy atom. The highest BCUT2D eigenvalue weighted by atomic mass is 16.4. The van der Waals surface area contributed by atoms with Gasteiger partial charge in [-0.2, -0.15) is 5.26 Å². The quantitative estimate of drug-likeness (QED) is 0.523. The standard InChI is InChI=1S/C15H18N4O3/c16-10-11-3-1-2-4-12(11)18-14(20)9-13(15(21)22)19-7-5-17-6-8-19/h1-4,13,17H,5-9H2,(H,18,20)(H,21,22)/p+1/t13-/m0/s1. The first-order valence-corrected chi connectivity index (χ1v) is 7.28. The minimum Gasteiger partial charge on any atom is -0.544 e. The third kappa shape index (κ3) is 4.04. The van der Waals surface area contributed by atoms with E-state index in [0.29, 0.717) is 24.3 Å². The number of rotatable bonds is 5. The number of nitriles is 1. The van der Waals surface area contributed by atoms with Crippen molar-refractivity contribution in [2.75, 3.05) is 31.5 Å². The van der Waals surface area contributed by atoms with E-state index < -0.39 is 17.9 Å². The number of carboxylic acid groups (broad SMARTS) is 1. The number of carbonyl (C=O) groups excluding carboxylic acids is 2. The number of aliphatic carboxylic acids is 1. The topological polar surface area (TPSA) is 114 Å². The Kier molecular flexibility index (Phi) is 5.47. The lowest BCUT2D eigenvalue weighted by Crippen LogP contribution is -3.24. The fraction of sp³-hybridized carbons (Fsp3) is 0.400. The van der Waals surface area contributed by atoms with Crippen molar-refractivity contribution in [3.8, 4) is 6.07 Å². The molecule has 0 spiro atoms. The van der Waals surface area contributed by atoms with Crippen molar-refractivity contribution in [2.24, 2.45) is 0 Å². The number of para-hydroxylation sites is 1. The lowest BCUT2D eigenvalue weighted by molar-refractivity contribution is -0.961. The molecule has 1 aromatic carbocycles. The average Bonchev–Trinajstić information content (AvgIpc) is 2.53. The number of carboxylic acids is 1. The summed E-state index contributed by atoms with van der Waals surface area (Å²) in [5, 5.41) is 25.1. The normalized spacial score (nSPS) is 16.5. The van der Waals surface area contributed by atoms with Gasteiger partial charge in [0.1, 0.15) is 38.3 Å². The predicted molar refractivity (Wildman–Crippen MR) is 75.6 cm³/mol. The monoisotopic (exact) mass is 303 g/mol. The van der Waals surface area contributed by atoms with Gasteiger partial charge >= 0.3 is 0 Å². The van der Waals surface area contributed by atoms with Gasteiger partial charge in [0.2, 0.25) is 5.91 Å². The van der Waals surface area contributed by atoms with Crippen molar-refractivity contribution < 1.29 is 24.9 Å². The number of nitrogens with zero attached hydrogens (tertiary/aromatic N) is 1. The van der Waals surface area contributed by atoms with Crippen molar-refractivity contribution in [1.82, 2.24) is 0 Å². The van der Waals surface area contributed by atoms with Crippen LogP contribution in [0.2, 0.25) is 0 Å². The van der Waals surface area contributed by atoms with E-state index in [9.17, 15) is 14.7 Å². The van der Waals surface area contributed by atoms with Gasteiger partial charge in [-0.05, 0) is 12.1 Å². The molecule has 1 fully saturated rings. The summed E-state index contributed by atoms with van der Waals surface area (Å²) >= 11 is 0. The number of nitrogens with one attached hydrogen (secondary N) is 2. The van der Waals surface area contributed by atoms with Crippen LogP contribution in [0.4, 0.5) is 5.69 Å². The zero-order chi connectivity index (χ0) is 15.9. The summed E-state index contributed by atoms with van der Waals surface area (Å²) in [5.74, 6) is -1.63. The first kappa shape index (κ1) is 15.9. The van der Waals surface area contributed by atoms with Crippen LogP contribution in [-0.4, -0.2) is 44.1 Å². The molecule has 0 radical (unpaired) electrons. The number of hydrogen-bond acceptors (Lipinski definition) is 4. The van der Waals surface area contributed by atoms with Crippen LogP contribution in [0.1, 0.15) is 12.0 Å². The smallest absolute Gasteiger partial charge is 0.230 e. The Morgan fingerprint density at radius 3 is 2.68 bits per heavy atom. The maximum atomic E-state index is 12.1. The van der Waals surface area contributed by atoms with Crippen LogP contribution in [-0.2, 0) is 9.59 Å². The summed E-state index contributed by atoms with van der Waals surface area (Å²) in [7, 11) is 0. The fourth-order valence-electron chi connectivity index (χ4n) is 2.66. The van der Waals surface area contributed by atoms with Crippen LogP contribution in [0.15, 0.2) is 24.3 Å². The van der Waals surface area contributed by atoms with E-state index in [2.05, 4.69) is 10.6 Å². The Balaban J connectivity index is 2.02. The molecule has 0 saturated carbocycles. The van der Waals surface area contributed by atoms with Gasteiger partial charge in [0.25, 0.3) is 0 Å². The predicted octanol–water partition coefficient (Wildman–Crippen LogP) is -3.53. The Morgan fingerprint density at radius 2 is 2.05 bits per heavy atom. The highest BCUT2D eigenvalue weighted by molar-refractivity contribution is 5.94. The summed E-state index contributed by atoms with van der Waals surface area (Å²) in [5.41, 5.74) is 0.745. The van der Waals surface area contributed by atoms with Gasteiger partial charge in [-0.3, -0.25) is 4.79 Å². The molecule has 1 aromatic rings. The Bertz CT molecular complexity index is 591. The molecule has 7 heteroatoms. The molecule has 0 unspecified atom stereocenters. The zero-order valence-electron chi connectivity index (χ0n) is 12.2. The van der Waals surface area contributed by atoms with Gasteiger partial charge in [0.05, 0.1) is 23.6 Å². The maximum absolute atomic E-state index is 12.1. The van der Waals surface area contributed by atoms with Crippen LogP contribution in [0.25, 0.3) is 0 Å². The number of amides is 1. The summed E-state index contributed by atoms with van der Waals surface area (Å²) < 4.78 is 0. The average molecular weight is 303 g/mol. The third-order valence-corrected chi connectivity index (χ3v) is 3.83. The lowest BCUT2D eigenvalue weighted by atomic mass is 10.1. The second-order valence-electron chi connectivity index (χ2n) is 5.31. The summed E-state index contributed by atoms with van der Waals surface area (Å²) in [6.07, 6.45) is -0.155. The van der Waals surface area contributed by atoms with Gasteiger partial charge in [-0.1, -0.05) is 12.1 Å². The largest absolute Gasteiger partial charge is 0.544 e. The molecule has 22 heavy (non-hydrogen) atoms. The number of carbonyl (C=O) groups is 2. The first-order valence-electron chi connectivity index (χ1n) is 7.28. The van der Waals surface area contributed by atoms with Crippen LogP contribution in [0.3, 0.4) is 0 Å². The Labute approximate surface area is 128 Å². The minimum atomic E-state index is -1.21. The molecule has 1 aliphatic heterocycles. The van der Waals surface area contributed by atoms with Crippen molar-refractivity contribution >= 4 is 17.6 Å². The lowest BCUT2D eigenvalue weighted by Gasteiger charge is -2.30. The molecule has 116 valence electrons. The molecule has 0 aromatic heterocycles. The molecule has 1 atom stereocenters. The van der Waals surface area contributed by atoms with E-state index in [0.717, 1.165) is 18.0 Å². The molecular formula is C15H19N4O3+. The molecule has 1 amide bonds. The van der Waals surface area contributed by atoms with Gasteiger partial charge in [-0.25, -0.2) is 0 Å². The van der Waals surface area contributed by atoms with Crippen molar-refractivity contribution in [1.29, 1.82) is 5.26 Å². The van der Waals surface area contributed by atoms with Crippen LogP contribution in [0.5, 0.6) is 0 Å². The molecule has 1 heterocycles. The van der Waals surface area contributed by atoms with E-state index in [1.54, 1.807) is 24.3 Å². The Hall–Kier alpha value is -2.43. The number of nitrogens with two attached hydrogens (primary N) is 1. The minimum absolute atomic E-state index is 0.155. The number of quaternary nitrogens is 2. The van der Waals surface area contributed by atoms with Crippen LogP contribution >= 0.6 is 0 Å². The van der Waals surface area contributed by atoms with Crippen molar-refractivity contribution in [3.05, 3.63) is 29.8 Å². The zero-order valence-corrected chi connectivity index (χ0v) is 12.2. The van der Waals surface area contributed by atoms with E-state index in [1.165, 1.54) is 0 Å². The number of anilines is 1. The summed E-state index contributed by atoms with van der Waals surface area (Å²) in [6.45, 7) is 3.08. The molecule has 7 nitrogen and oxygen atoms in total. The second kappa shape index (κ2) is 7.54. The van der Waals surface area contributed by atoms with E-state index in [4.69, 9.17) is 5.26 Å². The molecule has 1 aliphatic rings. The molecule has 0 bridgehead atoms. The van der Waals surface area contributed by atoms with Gasteiger partial charge < -0.3 is 25.4 Å². The summed E-state index contributed by atoms with van der Waals surface area (Å²) in [4.78, 5) is 24.3. The second-order valence-corrected chi connectivity index (χ2v) is 5.31. The van der Waals surface area contributed by atoms with Crippen LogP contribution in [0, 0.1) is 11.3 Å². The van der Waals surface area contributed by atoms with Crippen molar-refractivity contribution in [2.45, 2.75) is 12.5 Å². The molecular weight excluding hydrogens is 284 g/mol. The fourth-order valence-corrected chi connectivity index (χ4v) is 2.66. The highest BCUT2D eigenvalue weighted by Gasteiger charge is 2.29. The molecule has 4 N–H and O–H groups in total. The van der Waals surface area contributed by atoms with Gasteiger partial charge in [-0.15, -0.1) is 0 Å². The highest BCUT2D eigenvalue weighted by Crippen LogP contribution is 2.13. The number of benzene rings is 1. The number of hydrogen-bond donors (Lipinski definition) is 3. The molecule has 1 saturated heterocycles. The molecule has 2 rings (SSSR count). The van der Waals surface area contributed by atoms with Gasteiger partial charge in [0.15, 0.2) is 0 Å². The van der Waals surface area contributed by atoms with E-state index in [1.807, 2.05) is 6.07 Å². The maximum Gasteiger partial charge on any atom is 0.230 e. The third-order valence-electron chi connectivity index (χ3n) is 3.83. The first-order chi connectivity index (χ1) is 10.6. The van der Waals surface area contributed by atoms with E-state index >= 15 is 0 Å². The van der Waals surface area contributed by atoms with Crippen LogP contribution < -0.4 is 20.6 Å². The molecule has 0 aliphatic carbocycles. The SMILES string of the molecule is N#Cc1ccccc1NC(=O)C[C@@H](C(=O)[O-])[NH+]1CC[NH2+]CC1. The number of piperazine rings is 1. The van der Waals surface area contributed by atoms with Gasteiger partial charge in [0, 0.05) is 0 Å². The van der Waals surface area contributed by atoms with E-state index in [-0.39, 0.29) is 6.42 Å². The van der Waals surface area contributed by atoms with Crippen molar-refractivity contribution in [3.63, 3.8) is 0 Å².